The molecule has 6 nitrogen and oxygen atoms in total. The van der Waals surface area contributed by atoms with E-state index in [2.05, 4.69) is 41.6 Å². The molecule has 0 radical (unpaired) electrons. The molecule has 1 aromatic carbocycles. The summed E-state index contributed by atoms with van der Waals surface area (Å²) in [6.07, 6.45) is 5.52. The predicted octanol–water partition coefficient (Wildman–Crippen LogP) is 4.30. The molecule has 0 aromatic heterocycles. The third-order valence-corrected chi connectivity index (χ3v) is 6.47. The van der Waals surface area contributed by atoms with E-state index in [1.54, 1.807) is 6.21 Å². The van der Waals surface area contributed by atoms with Gasteiger partial charge in [-0.3, -0.25) is 14.8 Å². The number of nitrogens with zero attached hydrogens (tertiary/aromatic N) is 5. The summed E-state index contributed by atoms with van der Waals surface area (Å²) in [6.45, 7) is 11.4. The van der Waals surface area contributed by atoms with Gasteiger partial charge in [0, 0.05) is 31.6 Å². The van der Waals surface area contributed by atoms with E-state index >= 15 is 0 Å². The van der Waals surface area contributed by atoms with E-state index in [0.29, 0.717) is 41.7 Å². The van der Waals surface area contributed by atoms with Gasteiger partial charge < -0.3 is 9.80 Å². The highest BCUT2D eigenvalue weighted by Gasteiger charge is 2.32. The van der Waals surface area contributed by atoms with Gasteiger partial charge in [-0.2, -0.15) is 5.26 Å². The van der Waals surface area contributed by atoms with E-state index in [1.807, 2.05) is 24.0 Å². The fourth-order valence-corrected chi connectivity index (χ4v) is 4.86. The summed E-state index contributed by atoms with van der Waals surface area (Å²) in [5.74, 6) is 1.36. The van der Waals surface area contributed by atoms with Gasteiger partial charge in [0.1, 0.15) is 11.8 Å². The Kier molecular flexibility index (Phi) is 7.38. The molecular formula is C24H33N5O. The minimum absolute atomic E-state index is 0.175. The van der Waals surface area contributed by atoms with E-state index in [-0.39, 0.29) is 11.8 Å². The summed E-state index contributed by atoms with van der Waals surface area (Å²) in [4.78, 5) is 26.1. The molecule has 2 atom stereocenters. The van der Waals surface area contributed by atoms with E-state index in [9.17, 15) is 10.1 Å². The number of aliphatic imine (C=N–C) groups is 2. The lowest BCUT2D eigenvalue weighted by Gasteiger charge is -2.38. The molecule has 2 aliphatic rings. The first-order chi connectivity index (χ1) is 14.5. The molecule has 2 heterocycles. The maximum Gasteiger partial charge on any atom is 0.222 e. The van der Waals surface area contributed by atoms with Crippen LogP contribution in [-0.4, -0.2) is 61.9 Å². The van der Waals surface area contributed by atoms with Crippen LogP contribution < -0.4 is 0 Å². The van der Waals surface area contributed by atoms with Crippen molar-refractivity contribution in [1.82, 2.24) is 9.80 Å². The maximum absolute atomic E-state index is 13.1. The fourth-order valence-electron chi connectivity index (χ4n) is 4.86. The van der Waals surface area contributed by atoms with E-state index in [4.69, 9.17) is 0 Å². The lowest BCUT2D eigenvalue weighted by molar-refractivity contribution is -0.134. The molecule has 2 fully saturated rings. The van der Waals surface area contributed by atoms with Crippen LogP contribution in [0.15, 0.2) is 22.1 Å². The Hall–Kier alpha value is -2.52. The van der Waals surface area contributed by atoms with Crippen molar-refractivity contribution in [1.29, 1.82) is 5.26 Å². The van der Waals surface area contributed by atoms with E-state index in [0.717, 1.165) is 44.5 Å². The molecular weight excluding hydrogens is 374 g/mol. The third-order valence-electron chi connectivity index (χ3n) is 6.47. The standard InChI is InChI=1S/C24H33N5O/c1-5-27-23-19(14-25)6-7-21(24(23)26-3)20-12-17(2)15-29(16-20)22(30)13-18-8-10-28(4)11-9-18/h5-7,17-18,20H,3,8-13,15-16H2,1-2,4H3/t17-,20+/m0/s1. The predicted molar refractivity (Wildman–Crippen MR) is 122 cm³/mol. The quantitative estimate of drug-likeness (QED) is 0.683. The van der Waals surface area contributed by atoms with Crippen molar-refractivity contribution in [2.75, 3.05) is 33.2 Å². The van der Waals surface area contributed by atoms with Crippen molar-refractivity contribution < 1.29 is 4.79 Å². The average Bonchev–Trinajstić information content (AvgIpc) is 2.74. The molecule has 2 aliphatic heterocycles. The highest BCUT2D eigenvalue weighted by Crippen LogP contribution is 2.42. The van der Waals surface area contributed by atoms with E-state index in [1.165, 1.54) is 0 Å². The molecule has 0 aliphatic carbocycles. The molecule has 0 unspecified atom stereocenters. The van der Waals surface area contributed by atoms with Gasteiger partial charge >= 0.3 is 0 Å². The Balaban J connectivity index is 1.80. The number of likely N-dealkylation sites (tertiary alicyclic amines) is 2. The summed E-state index contributed by atoms with van der Waals surface area (Å²) in [7, 11) is 2.15. The molecule has 2 saturated heterocycles. The van der Waals surface area contributed by atoms with Crippen molar-refractivity contribution in [2.45, 2.75) is 45.4 Å². The van der Waals surface area contributed by atoms with Crippen LogP contribution in [0, 0.1) is 23.2 Å². The molecule has 0 saturated carbocycles. The third kappa shape index (κ3) is 4.96. The van der Waals surface area contributed by atoms with Gasteiger partial charge in [-0.05, 0) is 76.5 Å². The largest absolute Gasteiger partial charge is 0.342 e. The molecule has 30 heavy (non-hydrogen) atoms. The lowest BCUT2D eigenvalue weighted by atomic mass is 9.83. The smallest absolute Gasteiger partial charge is 0.222 e. The van der Waals surface area contributed by atoms with Crippen LogP contribution in [0.1, 0.15) is 56.6 Å². The zero-order valence-electron chi connectivity index (χ0n) is 18.5. The van der Waals surface area contributed by atoms with Gasteiger partial charge in [-0.25, -0.2) is 0 Å². The van der Waals surface area contributed by atoms with Gasteiger partial charge in [-0.15, -0.1) is 0 Å². The normalized spacial score (nSPS) is 23.5. The summed E-state index contributed by atoms with van der Waals surface area (Å²) in [6, 6.07) is 5.99. The Morgan fingerprint density at radius 2 is 2.03 bits per heavy atom. The second-order valence-electron chi connectivity index (χ2n) is 8.84. The molecule has 0 N–H and O–H groups in total. The fraction of sp³-hybridized carbons (Fsp3) is 0.583. The first-order valence-electron chi connectivity index (χ1n) is 11.0. The van der Waals surface area contributed by atoms with Crippen molar-refractivity contribution in [3.8, 4) is 6.07 Å². The molecule has 0 spiro atoms. The maximum atomic E-state index is 13.1. The van der Waals surface area contributed by atoms with E-state index < -0.39 is 0 Å². The summed E-state index contributed by atoms with van der Waals surface area (Å²) >= 11 is 0. The molecule has 1 amide bonds. The van der Waals surface area contributed by atoms with Crippen LogP contribution in [-0.2, 0) is 4.79 Å². The highest BCUT2D eigenvalue weighted by molar-refractivity contribution is 5.79. The Labute approximate surface area is 180 Å². The van der Waals surface area contributed by atoms with Gasteiger partial charge in [0.25, 0.3) is 0 Å². The van der Waals surface area contributed by atoms with Crippen LogP contribution in [0.5, 0.6) is 0 Å². The van der Waals surface area contributed by atoms with Crippen molar-refractivity contribution >= 4 is 30.2 Å². The van der Waals surface area contributed by atoms with Gasteiger partial charge in [0.15, 0.2) is 0 Å². The Morgan fingerprint density at radius 3 is 2.67 bits per heavy atom. The molecule has 0 bridgehead atoms. The number of hydrogen-bond donors (Lipinski definition) is 0. The van der Waals surface area contributed by atoms with Crippen LogP contribution in [0.4, 0.5) is 11.4 Å². The number of nitriles is 1. The summed E-state index contributed by atoms with van der Waals surface area (Å²) in [5, 5.41) is 9.45. The van der Waals surface area contributed by atoms with Crippen LogP contribution in [0.2, 0.25) is 0 Å². The second-order valence-corrected chi connectivity index (χ2v) is 8.84. The molecule has 1 aromatic rings. The SMILES string of the molecule is C=Nc1c([C@@H]2C[C@H](C)CN(C(=O)CC3CCN(C)CC3)C2)ccc(C#N)c1N=CC. The van der Waals surface area contributed by atoms with Crippen molar-refractivity contribution in [2.24, 2.45) is 21.8 Å². The summed E-state index contributed by atoms with van der Waals surface area (Å²) < 4.78 is 0. The lowest BCUT2D eigenvalue weighted by Crippen LogP contribution is -2.43. The summed E-state index contributed by atoms with van der Waals surface area (Å²) in [5.41, 5.74) is 2.79. The first-order valence-corrected chi connectivity index (χ1v) is 11.0. The Morgan fingerprint density at radius 1 is 1.30 bits per heavy atom. The number of benzene rings is 1. The van der Waals surface area contributed by atoms with Gasteiger partial charge in [0.2, 0.25) is 5.91 Å². The minimum Gasteiger partial charge on any atom is -0.342 e. The average molecular weight is 408 g/mol. The van der Waals surface area contributed by atoms with Crippen LogP contribution >= 0.6 is 0 Å². The molecule has 3 rings (SSSR count). The monoisotopic (exact) mass is 407 g/mol. The number of carbonyl (C=O) groups excluding carboxylic acids is 1. The topological polar surface area (TPSA) is 72.1 Å². The first kappa shape index (κ1) is 22.2. The number of piperidine rings is 2. The van der Waals surface area contributed by atoms with Crippen LogP contribution in [0.25, 0.3) is 0 Å². The van der Waals surface area contributed by atoms with Crippen LogP contribution in [0.3, 0.4) is 0 Å². The Bertz CT molecular complexity index is 848. The zero-order chi connectivity index (χ0) is 21.7. The molecule has 160 valence electrons. The second kappa shape index (κ2) is 9.99. The van der Waals surface area contributed by atoms with Gasteiger partial charge in [-0.1, -0.05) is 13.0 Å². The molecule has 6 heteroatoms. The minimum atomic E-state index is 0.175. The number of rotatable bonds is 5. The number of hydrogen-bond acceptors (Lipinski definition) is 5. The van der Waals surface area contributed by atoms with Crippen molar-refractivity contribution in [3.63, 3.8) is 0 Å². The van der Waals surface area contributed by atoms with Gasteiger partial charge in [0.05, 0.1) is 11.3 Å². The van der Waals surface area contributed by atoms with Crippen molar-refractivity contribution in [3.05, 3.63) is 23.3 Å². The number of carbonyl (C=O) groups is 1. The highest BCUT2D eigenvalue weighted by atomic mass is 16.2. The zero-order valence-corrected chi connectivity index (χ0v) is 18.5. The number of amides is 1.